The zero-order valence-electron chi connectivity index (χ0n) is 6.44. The highest BCUT2D eigenvalue weighted by Gasteiger charge is 2.15. The van der Waals surface area contributed by atoms with Crippen LogP contribution in [0.1, 0.15) is 17.5 Å². The quantitative estimate of drug-likeness (QED) is 0.640. The van der Waals surface area contributed by atoms with Gasteiger partial charge in [0.25, 0.3) is 0 Å². The van der Waals surface area contributed by atoms with Crippen LogP contribution in [-0.4, -0.2) is 0 Å². The number of thiazole rings is 1. The second-order valence-electron chi connectivity index (χ2n) is 2.27. The molecule has 0 radical (unpaired) electrons. The molecule has 0 aliphatic carbocycles. The van der Waals surface area contributed by atoms with Crippen molar-refractivity contribution in [2.24, 2.45) is 7.05 Å². The third kappa shape index (κ3) is 1.25. The first-order valence-corrected chi connectivity index (χ1v) is 4.91. The van der Waals surface area contributed by atoms with Crippen LogP contribution in [0, 0.1) is 6.92 Å². The Morgan fingerprint density at radius 1 is 1.60 bits per heavy atom. The van der Waals surface area contributed by atoms with E-state index in [0.29, 0.717) is 0 Å². The summed E-state index contributed by atoms with van der Waals surface area (Å²) < 4.78 is 3.40. The lowest BCUT2D eigenvalue weighted by atomic mass is 10.3. The lowest BCUT2D eigenvalue weighted by Gasteiger charge is -1.87. The van der Waals surface area contributed by atoms with Crippen LogP contribution < -0.4 is 4.57 Å². The Morgan fingerprint density at radius 2 is 2.20 bits per heavy atom. The van der Waals surface area contributed by atoms with E-state index < -0.39 is 0 Å². The van der Waals surface area contributed by atoms with Crippen molar-refractivity contribution in [3.05, 3.63) is 14.5 Å². The normalized spacial score (nSPS) is 10.4. The van der Waals surface area contributed by atoms with Crippen LogP contribution in [0.5, 0.6) is 0 Å². The van der Waals surface area contributed by atoms with Gasteiger partial charge in [0.15, 0.2) is 5.69 Å². The average Bonchev–Trinajstić information content (AvgIpc) is 2.09. The van der Waals surface area contributed by atoms with Gasteiger partial charge in [-0.3, -0.25) is 0 Å². The molecule has 0 bridgehead atoms. The van der Waals surface area contributed by atoms with Crippen molar-refractivity contribution >= 4 is 27.3 Å². The molecule has 1 aromatic rings. The molecule has 0 aliphatic heterocycles. The Hall–Kier alpha value is 0.110. The van der Waals surface area contributed by atoms with Crippen LogP contribution in [0.15, 0.2) is 3.92 Å². The second-order valence-corrected chi connectivity index (χ2v) is 4.75. The molecule has 0 atom stereocenters. The molecule has 0 spiro atoms. The molecule has 0 amide bonds. The van der Waals surface area contributed by atoms with Crippen molar-refractivity contribution in [2.45, 2.75) is 20.3 Å². The van der Waals surface area contributed by atoms with Gasteiger partial charge in [-0.2, -0.15) is 4.57 Å². The minimum atomic E-state index is 1.12. The van der Waals surface area contributed by atoms with Crippen molar-refractivity contribution in [1.29, 1.82) is 0 Å². The molecular weight excluding hydrogens is 210 g/mol. The summed E-state index contributed by atoms with van der Waals surface area (Å²) in [5, 5.41) is 0. The Bertz CT molecular complexity index is 242. The van der Waals surface area contributed by atoms with Crippen molar-refractivity contribution < 1.29 is 4.57 Å². The van der Waals surface area contributed by atoms with Gasteiger partial charge in [0.05, 0.1) is 4.88 Å². The predicted molar refractivity (Wildman–Crippen MR) is 47.3 cm³/mol. The third-order valence-electron chi connectivity index (χ3n) is 1.65. The van der Waals surface area contributed by atoms with Gasteiger partial charge in [-0.15, -0.1) is 0 Å². The van der Waals surface area contributed by atoms with Crippen molar-refractivity contribution in [2.75, 3.05) is 0 Å². The highest BCUT2D eigenvalue weighted by atomic mass is 79.9. The first kappa shape index (κ1) is 8.21. The van der Waals surface area contributed by atoms with E-state index in [2.05, 4.69) is 41.4 Å². The average molecular weight is 221 g/mol. The van der Waals surface area contributed by atoms with Gasteiger partial charge in [0.1, 0.15) is 7.05 Å². The van der Waals surface area contributed by atoms with Crippen molar-refractivity contribution in [3.63, 3.8) is 0 Å². The van der Waals surface area contributed by atoms with E-state index in [4.69, 9.17) is 0 Å². The summed E-state index contributed by atoms with van der Waals surface area (Å²) in [5.41, 5.74) is 1.43. The highest BCUT2D eigenvalue weighted by Crippen LogP contribution is 2.19. The SMILES string of the molecule is CCc1c(C)sc(Br)[n+]1C. The molecule has 0 saturated carbocycles. The molecule has 0 aliphatic rings. The molecule has 0 N–H and O–H groups in total. The number of aromatic nitrogens is 1. The molecule has 3 heteroatoms. The molecule has 10 heavy (non-hydrogen) atoms. The minimum Gasteiger partial charge on any atom is -0.183 e. The van der Waals surface area contributed by atoms with Crippen LogP contribution >= 0.6 is 27.3 Å². The van der Waals surface area contributed by atoms with Crippen molar-refractivity contribution in [3.8, 4) is 0 Å². The van der Waals surface area contributed by atoms with E-state index in [1.807, 2.05) is 0 Å². The standard InChI is InChI=1S/C7H11BrNS/c1-4-6-5(2)10-7(8)9(6)3/h4H2,1-3H3/q+1. The minimum absolute atomic E-state index is 1.12. The van der Waals surface area contributed by atoms with Gasteiger partial charge >= 0.3 is 3.92 Å². The summed E-state index contributed by atoms with van der Waals surface area (Å²) in [5.74, 6) is 0. The zero-order valence-corrected chi connectivity index (χ0v) is 8.84. The Balaban J connectivity index is 3.20. The maximum atomic E-state index is 3.49. The van der Waals surface area contributed by atoms with Crippen LogP contribution in [0.2, 0.25) is 0 Å². The number of nitrogens with zero attached hydrogens (tertiary/aromatic N) is 1. The van der Waals surface area contributed by atoms with E-state index >= 15 is 0 Å². The van der Waals surface area contributed by atoms with Gasteiger partial charge in [-0.05, 0) is 6.92 Å². The van der Waals surface area contributed by atoms with Gasteiger partial charge < -0.3 is 0 Å². The summed E-state index contributed by atoms with van der Waals surface area (Å²) >= 11 is 5.29. The lowest BCUT2D eigenvalue weighted by Crippen LogP contribution is -2.31. The van der Waals surface area contributed by atoms with Crippen LogP contribution in [0.3, 0.4) is 0 Å². The molecular formula is C7H11BrNS+. The second kappa shape index (κ2) is 3.01. The fourth-order valence-electron chi connectivity index (χ4n) is 1.08. The number of hydrogen-bond acceptors (Lipinski definition) is 1. The first-order valence-electron chi connectivity index (χ1n) is 3.30. The molecule has 1 heterocycles. The molecule has 0 saturated heterocycles. The fourth-order valence-corrected chi connectivity index (χ4v) is 2.92. The highest BCUT2D eigenvalue weighted by molar-refractivity contribution is 9.11. The Labute approximate surface area is 73.8 Å². The van der Waals surface area contributed by atoms with E-state index in [1.165, 1.54) is 14.5 Å². The maximum absolute atomic E-state index is 3.49. The van der Waals surface area contributed by atoms with E-state index in [1.54, 1.807) is 11.3 Å². The number of rotatable bonds is 1. The number of hydrogen-bond donors (Lipinski definition) is 0. The Morgan fingerprint density at radius 3 is 2.40 bits per heavy atom. The predicted octanol–water partition coefficient (Wildman–Crippen LogP) is 2.21. The van der Waals surface area contributed by atoms with E-state index in [0.717, 1.165) is 6.42 Å². The topological polar surface area (TPSA) is 3.88 Å². The molecule has 1 rings (SSSR count). The Kier molecular flexibility index (Phi) is 2.47. The van der Waals surface area contributed by atoms with Crippen LogP contribution in [0.4, 0.5) is 0 Å². The van der Waals surface area contributed by atoms with Gasteiger partial charge in [-0.1, -0.05) is 18.3 Å². The van der Waals surface area contributed by atoms with Crippen molar-refractivity contribution in [1.82, 2.24) is 0 Å². The van der Waals surface area contributed by atoms with E-state index in [9.17, 15) is 0 Å². The molecule has 0 unspecified atom stereocenters. The molecule has 1 aromatic heterocycles. The summed E-state index contributed by atoms with van der Waals surface area (Å²) in [7, 11) is 2.09. The smallest absolute Gasteiger partial charge is 0.183 e. The maximum Gasteiger partial charge on any atom is 0.304 e. The zero-order chi connectivity index (χ0) is 7.72. The van der Waals surface area contributed by atoms with Crippen LogP contribution in [-0.2, 0) is 13.5 Å². The lowest BCUT2D eigenvalue weighted by molar-refractivity contribution is -0.684. The molecule has 0 aromatic carbocycles. The monoisotopic (exact) mass is 220 g/mol. The fraction of sp³-hybridized carbons (Fsp3) is 0.571. The summed E-state index contributed by atoms with van der Waals surface area (Å²) in [4.78, 5) is 1.41. The molecule has 56 valence electrons. The number of aryl methyl sites for hydroxylation is 1. The number of halogens is 1. The largest absolute Gasteiger partial charge is 0.304 e. The molecule has 1 nitrogen and oxygen atoms in total. The van der Waals surface area contributed by atoms with Gasteiger partial charge in [0, 0.05) is 22.4 Å². The van der Waals surface area contributed by atoms with Crippen LogP contribution in [0.25, 0.3) is 0 Å². The third-order valence-corrected chi connectivity index (χ3v) is 3.65. The van der Waals surface area contributed by atoms with Gasteiger partial charge in [-0.25, -0.2) is 0 Å². The summed E-state index contributed by atoms with van der Waals surface area (Å²) in [6.07, 6.45) is 1.12. The van der Waals surface area contributed by atoms with Gasteiger partial charge in [0.2, 0.25) is 0 Å². The molecule has 0 fully saturated rings. The first-order chi connectivity index (χ1) is 4.66. The summed E-state index contributed by atoms with van der Waals surface area (Å²) in [6.45, 7) is 4.34. The summed E-state index contributed by atoms with van der Waals surface area (Å²) in [6, 6.07) is 0. The van der Waals surface area contributed by atoms with E-state index in [-0.39, 0.29) is 0 Å².